The largest absolute Gasteiger partial charge is 0.449 e. The van der Waals surface area contributed by atoms with Gasteiger partial charge in [0.1, 0.15) is 12.6 Å². The summed E-state index contributed by atoms with van der Waals surface area (Å²) >= 11 is 0. The molecule has 0 fully saturated rings. The lowest BCUT2D eigenvalue weighted by atomic mass is 9.98. The summed E-state index contributed by atoms with van der Waals surface area (Å²) in [6, 6.07) is 25.0. The molecule has 0 saturated carbocycles. The first-order valence-corrected chi connectivity index (χ1v) is 11.0. The smallest absolute Gasteiger partial charge is 0.407 e. The van der Waals surface area contributed by atoms with Crippen molar-refractivity contribution in [2.75, 3.05) is 11.9 Å². The van der Waals surface area contributed by atoms with E-state index in [1.165, 1.54) is 11.1 Å². The summed E-state index contributed by atoms with van der Waals surface area (Å²) in [6.45, 7) is 4.25. The number of rotatable bonds is 7. The number of carbonyl (C=O) groups excluding carboxylic acids is 2. The van der Waals surface area contributed by atoms with Crippen molar-refractivity contribution in [1.82, 2.24) is 5.32 Å². The zero-order valence-electron chi connectivity index (χ0n) is 18.4. The summed E-state index contributed by atoms with van der Waals surface area (Å²) in [5, 5.41) is 5.63. The third-order valence-corrected chi connectivity index (χ3v) is 5.70. The quantitative estimate of drug-likeness (QED) is 0.516. The van der Waals surface area contributed by atoms with E-state index in [9.17, 15) is 9.59 Å². The third kappa shape index (κ3) is 4.83. The predicted octanol–water partition coefficient (Wildman–Crippen LogP) is 5.58. The van der Waals surface area contributed by atoms with Gasteiger partial charge < -0.3 is 15.4 Å². The maximum atomic E-state index is 12.8. The zero-order chi connectivity index (χ0) is 22.5. The molecule has 32 heavy (non-hydrogen) atoms. The van der Waals surface area contributed by atoms with Gasteiger partial charge in [-0.1, -0.05) is 80.6 Å². The lowest BCUT2D eigenvalue weighted by molar-refractivity contribution is -0.118. The molecule has 0 spiro atoms. The van der Waals surface area contributed by atoms with E-state index in [1.807, 2.05) is 68.4 Å². The third-order valence-electron chi connectivity index (χ3n) is 5.70. The van der Waals surface area contributed by atoms with Gasteiger partial charge in [0.2, 0.25) is 5.91 Å². The van der Waals surface area contributed by atoms with Gasteiger partial charge >= 0.3 is 6.09 Å². The standard InChI is InChI=1S/C27H28N2O3/c1-18(2)16-25(26(30)28-19-10-4-3-5-11-19)29-27(31)32-17-24-22-14-8-6-12-20(22)21-13-7-9-15-23(21)24/h3-15,18,24-25H,16-17H2,1-2H3,(H,28,30)(H,29,31). The van der Waals surface area contributed by atoms with E-state index in [-0.39, 0.29) is 24.3 Å². The summed E-state index contributed by atoms with van der Waals surface area (Å²) in [7, 11) is 0. The number of carbonyl (C=O) groups is 2. The second-order valence-electron chi connectivity index (χ2n) is 8.51. The number of alkyl carbamates (subject to hydrolysis) is 1. The molecule has 1 aliphatic carbocycles. The van der Waals surface area contributed by atoms with Gasteiger partial charge in [-0.2, -0.15) is 0 Å². The van der Waals surface area contributed by atoms with Crippen LogP contribution in [0.15, 0.2) is 78.9 Å². The summed E-state index contributed by atoms with van der Waals surface area (Å²) in [6.07, 6.45) is -0.0659. The molecule has 0 radical (unpaired) electrons. The highest BCUT2D eigenvalue weighted by Crippen LogP contribution is 2.44. The van der Waals surface area contributed by atoms with E-state index in [0.29, 0.717) is 12.1 Å². The normalized spacial score (nSPS) is 13.2. The molecule has 1 aliphatic rings. The van der Waals surface area contributed by atoms with E-state index in [1.54, 1.807) is 0 Å². The van der Waals surface area contributed by atoms with Crippen molar-refractivity contribution < 1.29 is 14.3 Å². The lowest BCUT2D eigenvalue weighted by Crippen LogP contribution is -2.45. The molecule has 164 valence electrons. The van der Waals surface area contributed by atoms with Gasteiger partial charge in [-0.25, -0.2) is 4.79 Å². The Morgan fingerprint density at radius 3 is 2.00 bits per heavy atom. The Morgan fingerprint density at radius 1 is 0.844 bits per heavy atom. The highest BCUT2D eigenvalue weighted by Gasteiger charge is 2.30. The van der Waals surface area contributed by atoms with Crippen LogP contribution in [-0.2, 0) is 9.53 Å². The summed E-state index contributed by atoms with van der Waals surface area (Å²) in [5.41, 5.74) is 5.36. The minimum absolute atomic E-state index is 0.0187. The monoisotopic (exact) mass is 428 g/mol. The van der Waals surface area contributed by atoms with Crippen molar-refractivity contribution in [2.45, 2.75) is 32.2 Å². The van der Waals surface area contributed by atoms with Gasteiger partial charge in [-0.15, -0.1) is 0 Å². The maximum absolute atomic E-state index is 12.8. The van der Waals surface area contributed by atoms with Gasteiger partial charge in [0.05, 0.1) is 0 Å². The molecule has 0 saturated heterocycles. The first-order chi connectivity index (χ1) is 15.5. The number of ether oxygens (including phenoxy) is 1. The summed E-state index contributed by atoms with van der Waals surface area (Å²) in [5.74, 6) is -0.0383. The minimum Gasteiger partial charge on any atom is -0.449 e. The minimum atomic E-state index is -0.675. The van der Waals surface area contributed by atoms with Crippen LogP contribution in [0.25, 0.3) is 11.1 Å². The maximum Gasteiger partial charge on any atom is 0.407 e. The molecule has 0 aliphatic heterocycles. The number of hydrogen-bond acceptors (Lipinski definition) is 3. The fourth-order valence-electron chi connectivity index (χ4n) is 4.24. The first-order valence-electron chi connectivity index (χ1n) is 11.0. The van der Waals surface area contributed by atoms with E-state index in [4.69, 9.17) is 4.74 Å². The fourth-order valence-corrected chi connectivity index (χ4v) is 4.24. The molecule has 1 atom stereocenters. The van der Waals surface area contributed by atoms with E-state index in [0.717, 1.165) is 11.1 Å². The summed E-state index contributed by atoms with van der Waals surface area (Å²) in [4.78, 5) is 25.4. The van der Waals surface area contributed by atoms with Crippen molar-refractivity contribution in [1.29, 1.82) is 0 Å². The van der Waals surface area contributed by atoms with Gasteiger partial charge in [-0.05, 0) is 46.7 Å². The van der Waals surface area contributed by atoms with Crippen LogP contribution in [0.5, 0.6) is 0 Å². The van der Waals surface area contributed by atoms with Gasteiger partial charge in [0.25, 0.3) is 0 Å². The molecule has 1 unspecified atom stereocenters. The number of benzene rings is 3. The van der Waals surface area contributed by atoms with Crippen LogP contribution in [0.2, 0.25) is 0 Å². The lowest BCUT2D eigenvalue weighted by Gasteiger charge is -2.21. The van der Waals surface area contributed by atoms with Gasteiger partial charge in [0, 0.05) is 11.6 Å². The molecule has 4 rings (SSSR count). The molecular formula is C27H28N2O3. The summed E-state index contributed by atoms with van der Waals surface area (Å²) < 4.78 is 5.62. The Labute approximate surface area is 188 Å². The Morgan fingerprint density at radius 2 is 1.41 bits per heavy atom. The van der Waals surface area contributed by atoms with Crippen LogP contribution in [0.3, 0.4) is 0 Å². The Hall–Kier alpha value is -3.60. The van der Waals surface area contributed by atoms with Crippen molar-refractivity contribution in [3.63, 3.8) is 0 Å². The van der Waals surface area contributed by atoms with Crippen LogP contribution in [0.1, 0.15) is 37.3 Å². The molecule has 2 amide bonds. The molecule has 5 heteroatoms. The molecule has 2 N–H and O–H groups in total. The fraction of sp³-hybridized carbons (Fsp3) is 0.259. The molecule has 5 nitrogen and oxygen atoms in total. The molecule has 0 bridgehead atoms. The number of para-hydroxylation sites is 1. The molecule has 3 aromatic rings. The van der Waals surface area contributed by atoms with E-state index >= 15 is 0 Å². The Kier molecular flexibility index (Phi) is 6.55. The SMILES string of the molecule is CC(C)CC(NC(=O)OCC1c2ccccc2-c2ccccc21)C(=O)Nc1ccccc1. The van der Waals surface area contributed by atoms with Crippen LogP contribution in [0, 0.1) is 5.92 Å². The predicted molar refractivity (Wildman–Crippen MR) is 127 cm³/mol. The number of hydrogen-bond donors (Lipinski definition) is 2. The number of fused-ring (bicyclic) bond motifs is 3. The second-order valence-corrected chi connectivity index (χ2v) is 8.51. The van der Waals surface area contributed by atoms with Crippen molar-refractivity contribution in [3.8, 4) is 11.1 Å². The van der Waals surface area contributed by atoms with Crippen molar-refractivity contribution >= 4 is 17.7 Å². The molecule has 0 aromatic heterocycles. The molecule has 3 aromatic carbocycles. The van der Waals surface area contributed by atoms with E-state index in [2.05, 4.69) is 34.9 Å². The molecular weight excluding hydrogens is 400 g/mol. The average molecular weight is 429 g/mol. The zero-order valence-corrected chi connectivity index (χ0v) is 18.4. The van der Waals surface area contributed by atoms with Crippen molar-refractivity contribution in [3.05, 3.63) is 90.0 Å². The number of nitrogens with one attached hydrogen (secondary N) is 2. The van der Waals surface area contributed by atoms with Crippen molar-refractivity contribution in [2.24, 2.45) is 5.92 Å². The van der Waals surface area contributed by atoms with Crippen LogP contribution >= 0.6 is 0 Å². The first kappa shape index (κ1) is 21.6. The Bertz CT molecular complexity index is 1050. The van der Waals surface area contributed by atoms with Crippen LogP contribution in [-0.4, -0.2) is 24.6 Å². The highest BCUT2D eigenvalue weighted by molar-refractivity contribution is 5.96. The average Bonchev–Trinajstić information content (AvgIpc) is 3.11. The Balaban J connectivity index is 1.42. The topological polar surface area (TPSA) is 67.4 Å². The molecule has 0 heterocycles. The highest BCUT2D eigenvalue weighted by atomic mass is 16.5. The van der Waals surface area contributed by atoms with Crippen LogP contribution < -0.4 is 10.6 Å². The van der Waals surface area contributed by atoms with Gasteiger partial charge in [0.15, 0.2) is 0 Å². The second kappa shape index (κ2) is 9.69. The van der Waals surface area contributed by atoms with E-state index < -0.39 is 12.1 Å². The van der Waals surface area contributed by atoms with Crippen LogP contribution in [0.4, 0.5) is 10.5 Å². The number of amides is 2. The number of anilines is 1. The van der Waals surface area contributed by atoms with Gasteiger partial charge in [-0.3, -0.25) is 4.79 Å².